The van der Waals surface area contributed by atoms with Crippen LogP contribution in [0.4, 0.5) is 10.1 Å². The van der Waals surface area contributed by atoms with Crippen molar-refractivity contribution < 1.29 is 30.8 Å². The van der Waals surface area contributed by atoms with E-state index in [0.717, 1.165) is 6.07 Å². The Morgan fingerprint density at radius 1 is 1.18 bits per heavy atom. The van der Waals surface area contributed by atoms with Crippen molar-refractivity contribution in [3.8, 4) is 5.75 Å². The number of halogens is 1. The Kier molecular flexibility index (Phi) is 7.42. The molecule has 0 saturated carbocycles. The second-order valence-corrected chi connectivity index (χ2v) is 11.3. The second-order valence-electron chi connectivity index (χ2n) is 7.67. The summed E-state index contributed by atoms with van der Waals surface area (Å²) in [5.41, 5.74) is 0.640. The van der Waals surface area contributed by atoms with Gasteiger partial charge < -0.3 is 9.64 Å². The second kappa shape index (κ2) is 9.75. The number of carbonyl (C=O) groups excluding carboxylic acids is 1. The van der Waals surface area contributed by atoms with E-state index in [-0.39, 0.29) is 41.7 Å². The monoisotopic (exact) mass is 499 g/mol. The van der Waals surface area contributed by atoms with Gasteiger partial charge in [-0.05, 0) is 56.9 Å². The van der Waals surface area contributed by atoms with E-state index in [0.29, 0.717) is 9.87 Å². The minimum Gasteiger partial charge on any atom is -0.492 e. The van der Waals surface area contributed by atoms with Crippen LogP contribution in [0.25, 0.3) is 0 Å². The van der Waals surface area contributed by atoms with E-state index < -0.39 is 37.8 Å². The van der Waals surface area contributed by atoms with Crippen LogP contribution in [-0.4, -0.2) is 60.6 Å². The number of ether oxygens (including phenoxy) is 1. The summed E-state index contributed by atoms with van der Waals surface area (Å²) in [7, 11) is -4.51. The van der Waals surface area contributed by atoms with Gasteiger partial charge in [-0.2, -0.15) is 0 Å². The first-order valence-electron chi connectivity index (χ1n) is 10.2. The number of nitrogens with one attached hydrogen (secondary N) is 1. The maximum absolute atomic E-state index is 13.3. The molecule has 1 fully saturated rings. The fraction of sp³-hybridized carbons (Fsp3) is 0.381. The first-order valence-corrected chi connectivity index (χ1v) is 13.3. The zero-order valence-corrected chi connectivity index (χ0v) is 20.1. The van der Waals surface area contributed by atoms with Gasteiger partial charge in [0.15, 0.2) is 0 Å². The summed E-state index contributed by atoms with van der Waals surface area (Å²) in [4.78, 5) is 13.6. The van der Waals surface area contributed by atoms with Crippen LogP contribution in [0.3, 0.4) is 0 Å². The van der Waals surface area contributed by atoms with Crippen LogP contribution in [0, 0.1) is 5.82 Å². The minimum absolute atomic E-state index is 0.0287. The van der Waals surface area contributed by atoms with Gasteiger partial charge in [-0.25, -0.2) is 30.3 Å². The summed E-state index contributed by atoms with van der Waals surface area (Å²) in [6.07, 6.45) is -0.169. The van der Waals surface area contributed by atoms with E-state index in [9.17, 15) is 26.0 Å². The van der Waals surface area contributed by atoms with Crippen LogP contribution in [0.5, 0.6) is 5.75 Å². The van der Waals surface area contributed by atoms with Crippen LogP contribution in [0.1, 0.15) is 24.9 Å². The largest absolute Gasteiger partial charge is 0.492 e. The summed E-state index contributed by atoms with van der Waals surface area (Å²) in [6.45, 7) is 1.82. The molecular formula is C21H26FN3O6S2. The lowest BCUT2D eigenvalue weighted by Crippen LogP contribution is -2.35. The predicted molar refractivity (Wildman–Crippen MR) is 122 cm³/mol. The number of benzene rings is 2. The molecule has 2 aromatic rings. The number of nitrogens with zero attached hydrogens (tertiary/aromatic N) is 2. The Morgan fingerprint density at radius 2 is 1.85 bits per heavy atom. The minimum atomic E-state index is -4.17. The number of sulfonamides is 2. The van der Waals surface area contributed by atoms with Gasteiger partial charge in [0, 0.05) is 19.0 Å². The first-order chi connectivity index (χ1) is 15.5. The molecule has 180 valence electrons. The number of likely N-dealkylation sites (N-methyl/N-ethyl adjacent to an activating group) is 1. The Labute approximate surface area is 193 Å². The zero-order valence-electron chi connectivity index (χ0n) is 18.5. The van der Waals surface area contributed by atoms with Gasteiger partial charge >= 0.3 is 0 Å². The topological polar surface area (TPSA) is 113 Å². The van der Waals surface area contributed by atoms with Gasteiger partial charge in [0.2, 0.25) is 26.0 Å². The normalized spacial score (nSPS) is 16.9. The molecule has 0 bridgehead atoms. The fourth-order valence-corrected chi connectivity index (χ4v) is 6.18. The molecule has 9 nitrogen and oxygen atoms in total. The molecule has 0 spiro atoms. The van der Waals surface area contributed by atoms with Crippen LogP contribution in [0.2, 0.25) is 0 Å². The third-order valence-electron chi connectivity index (χ3n) is 5.17. The summed E-state index contributed by atoms with van der Waals surface area (Å²) in [6, 6.07) is 9.13. The van der Waals surface area contributed by atoms with Crippen LogP contribution < -0.4 is 13.8 Å². The van der Waals surface area contributed by atoms with E-state index in [1.807, 2.05) is 0 Å². The highest BCUT2D eigenvalue weighted by atomic mass is 32.2. The lowest BCUT2D eigenvalue weighted by Gasteiger charge is -2.25. The summed E-state index contributed by atoms with van der Waals surface area (Å²) >= 11 is 0. The molecule has 3 rings (SSSR count). The van der Waals surface area contributed by atoms with Crippen LogP contribution in [0.15, 0.2) is 47.4 Å². The molecule has 2 aromatic carbocycles. The third-order valence-corrected chi connectivity index (χ3v) is 8.31. The molecule has 1 saturated heterocycles. The molecule has 0 aromatic heterocycles. The number of rotatable bonds is 9. The molecule has 1 amide bonds. The van der Waals surface area contributed by atoms with Gasteiger partial charge in [0.1, 0.15) is 16.5 Å². The lowest BCUT2D eigenvalue weighted by molar-refractivity contribution is -0.116. The molecule has 1 atom stereocenters. The van der Waals surface area contributed by atoms with E-state index in [4.69, 9.17) is 4.74 Å². The maximum atomic E-state index is 13.3. The highest BCUT2D eigenvalue weighted by Crippen LogP contribution is 2.33. The quantitative estimate of drug-likeness (QED) is 0.560. The molecule has 0 aliphatic carbocycles. The average Bonchev–Trinajstić information content (AvgIpc) is 3.02. The van der Waals surface area contributed by atoms with Gasteiger partial charge in [-0.15, -0.1) is 0 Å². The number of hydrogen-bond acceptors (Lipinski definition) is 7. The summed E-state index contributed by atoms with van der Waals surface area (Å²) < 4.78 is 72.9. The molecule has 33 heavy (non-hydrogen) atoms. The van der Waals surface area contributed by atoms with Gasteiger partial charge in [-0.3, -0.25) is 4.79 Å². The Morgan fingerprint density at radius 3 is 2.39 bits per heavy atom. The molecular weight excluding hydrogens is 473 g/mol. The van der Waals surface area contributed by atoms with Crippen LogP contribution in [-0.2, 0) is 24.8 Å². The fourth-order valence-electron chi connectivity index (χ4n) is 3.53. The average molecular weight is 500 g/mol. The van der Waals surface area contributed by atoms with Crippen molar-refractivity contribution in [1.29, 1.82) is 0 Å². The van der Waals surface area contributed by atoms with Crippen molar-refractivity contribution in [3.05, 3.63) is 53.8 Å². The number of amides is 1. The summed E-state index contributed by atoms with van der Waals surface area (Å²) in [5.74, 6) is -1.33. The highest BCUT2D eigenvalue weighted by molar-refractivity contribution is 7.94. The van der Waals surface area contributed by atoms with Gasteiger partial charge in [-0.1, -0.05) is 12.1 Å². The molecule has 1 unspecified atom stereocenters. The molecule has 1 aliphatic rings. The standard InChI is InChI=1S/C21H26FN3O6S2/c1-4-31-19-10-9-17(25-21(26)11-12-32(25,27)28)13-20(19)33(29,30)23-14-18(24(2)3)15-5-7-16(22)8-6-15/h5-10,13,18,23H,4,11-12,14H2,1-3H3. The smallest absolute Gasteiger partial charge is 0.244 e. The predicted octanol–water partition coefficient (Wildman–Crippen LogP) is 1.87. The van der Waals surface area contributed by atoms with Gasteiger partial charge in [0.05, 0.1) is 18.0 Å². The molecule has 1 N–H and O–H groups in total. The summed E-state index contributed by atoms with van der Waals surface area (Å²) in [5, 5.41) is 0. The number of anilines is 1. The zero-order chi connectivity index (χ0) is 24.4. The number of carbonyl (C=O) groups is 1. The molecule has 1 heterocycles. The van der Waals surface area contributed by atoms with E-state index >= 15 is 0 Å². The lowest BCUT2D eigenvalue weighted by atomic mass is 10.1. The van der Waals surface area contributed by atoms with E-state index in [1.54, 1.807) is 38.1 Å². The van der Waals surface area contributed by atoms with Crippen molar-refractivity contribution in [2.75, 3.05) is 37.3 Å². The highest BCUT2D eigenvalue weighted by Gasteiger charge is 2.37. The maximum Gasteiger partial charge on any atom is 0.244 e. The van der Waals surface area contributed by atoms with Crippen molar-refractivity contribution in [2.24, 2.45) is 0 Å². The Balaban J connectivity index is 1.95. The molecule has 12 heteroatoms. The van der Waals surface area contributed by atoms with Crippen molar-refractivity contribution >= 4 is 31.6 Å². The van der Waals surface area contributed by atoms with E-state index in [1.165, 1.54) is 24.3 Å². The van der Waals surface area contributed by atoms with Gasteiger partial charge in [0.25, 0.3) is 0 Å². The Bertz CT molecular complexity index is 1230. The van der Waals surface area contributed by atoms with Crippen molar-refractivity contribution in [2.45, 2.75) is 24.3 Å². The van der Waals surface area contributed by atoms with Crippen molar-refractivity contribution in [1.82, 2.24) is 9.62 Å². The Hall–Kier alpha value is -2.54. The SMILES string of the molecule is CCOc1ccc(N2C(=O)CCS2(=O)=O)cc1S(=O)(=O)NCC(c1ccc(F)cc1)N(C)C. The van der Waals surface area contributed by atoms with E-state index in [2.05, 4.69) is 4.72 Å². The third kappa shape index (κ3) is 5.52. The van der Waals surface area contributed by atoms with Crippen molar-refractivity contribution in [3.63, 3.8) is 0 Å². The van der Waals surface area contributed by atoms with Crippen LogP contribution >= 0.6 is 0 Å². The molecule has 1 aliphatic heterocycles. The number of hydrogen-bond donors (Lipinski definition) is 1. The first kappa shape index (κ1) is 25.1. The molecule has 0 radical (unpaired) electrons.